The number of hydrogen-bond acceptors (Lipinski definition) is 4. The first-order valence-electron chi connectivity index (χ1n) is 8.52. The molecule has 0 heterocycles. The molecule has 0 aromatic heterocycles. The van der Waals surface area contributed by atoms with Gasteiger partial charge < -0.3 is 9.08 Å². The topological polar surface area (TPSA) is 63.7 Å². The van der Waals surface area contributed by atoms with Crippen LogP contribution >= 0.6 is 0 Å². The average molecular weight is 353 g/mol. The number of carbonyl (C=O) groups excluding carboxylic acids is 1. The van der Waals surface area contributed by atoms with Gasteiger partial charge in [-0.2, -0.15) is 8.42 Å². The lowest BCUT2D eigenvalue weighted by Crippen LogP contribution is -2.37. The molecule has 1 fully saturated rings. The molecule has 1 amide bonds. The summed E-state index contributed by atoms with van der Waals surface area (Å²) in [5.41, 5.74) is 0.975. The Bertz CT molecular complexity index is 646. The molecule has 0 unspecified atom stereocenters. The van der Waals surface area contributed by atoms with Crippen molar-refractivity contribution in [3.63, 3.8) is 0 Å². The van der Waals surface area contributed by atoms with Gasteiger partial charge in [-0.3, -0.25) is 4.79 Å². The Balaban J connectivity index is 2.06. The van der Waals surface area contributed by atoms with Crippen LogP contribution in [0.4, 0.5) is 0 Å². The Morgan fingerprint density at radius 3 is 2.29 bits per heavy atom. The minimum absolute atomic E-state index is 0.164. The van der Waals surface area contributed by atoms with Crippen LogP contribution in [0.15, 0.2) is 24.3 Å². The molecule has 0 radical (unpaired) electrons. The number of carbonyl (C=O) groups is 1. The fourth-order valence-electron chi connectivity index (χ4n) is 3.15. The summed E-state index contributed by atoms with van der Waals surface area (Å²) < 4.78 is 27.1. The summed E-state index contributed by atoms with van der Waals surface area (Å²) in [7, 11) is -3.52. The number of rotatable bonds is 7. The van der Waals surface area contributed by atoms with Crippen molar-refractivity contribution in [3.05, 3.63) is 29.8 Å². The molecule has 0 N–H and O–H groups in total. The van der Waals surface area contributed by atoms with E-state index in [2.05, 4.69) is 13.8 Å². The van der Waals surface area contributed by atoms with E-state index >= 15 is 0 Å². The Kier molecular flexibility index (Phi) is 6.27. The van der Waals surface area contributed by atoms with E-state index < -0.39 is 10.1 Å². The Morgan fingerprint density at radius 1 is 1.21 bits per heavy atom. The molecule has 1 aliphatic carbocycles. The molecule has 6 heteroatoms. The summed E-state index contributed by atoms with van der Waals surface area (Å²) in [5.74, 6) is 1.11. The number of amides is 1. The molecule has 0 atom stereocenters. The van der Waals surface area contributed by atoms with E-state index in [4.69, 9.17) is 4.18 Å². The minimum Gasteiger partial charge on any atom is -0.383 e. The predicted molar refractivity (Wildman–Crippen MR) is 94.1 cm³/mol. The van der Waals surface area contributed by atoms with Crippen molar-refractivity contribution in [3.8, 4) is 5.75 Å². The number of nitrogens with zero attached hydrogens (tertiary/aromatic N) is 1. The molecule has 0 spiro atoms. The lowest BCUT2D eigenvalue weighted by molar-refractivity contribution is -0.136. The molecule has 24 heavy (non-hydrogen) atoms. The van der Waals surface area contributed by atoms with Crippen molar-refractivity contribution < 1.29 is 17.4 Å². The molecule has 1 aromatic rings. The van der Waals surface area contributed by atoms with Crippen molar-refractivity contribution in [1.82, 2.24) is 4.90 Å². The van der Waals surface area contributed by atoms with Gasteiger partial charge in [0, 0.05) is 19.0 Å². The van der Waals surface area contributed by atoms with Crippen LogP contribution in [-0.4, -0.2) is 32.0 Å². The highest BCUT2D eigenvalue weighted by molar-refractivity contribution is 7.86. The SMILES string of the molecule is CC(C)CN(Cc1ccc(OS(C)(=O)=O)cc1)C(=O)C1CCCC1. The molecule has 1 saturated carbocycles. The predicted octanol–water partition coefficient (Wildman–Crippen LogP) is 3.20. The summed E-state index contributed by atoms with van der Waals surface area (Å²) in [6.45, 7) is 5.50. The molecule has 0 aliphatic heterocycles. The first kappa shape index (κ1) is 18.8. The third-order valence-corrected chi connectivity index (χ3v) is 4.64. The summed E-state index contributed by atoms with van der Waals surface area (Å²) >= 11 is 0. The van der Waals surface area contributed by atoms with Gasteiger partial charge in [-0.25, -0.2) is 0 Å². The van der Waals surface area contributed by atoms with Gasteiger partial charge in [0.15, 0.2) is 0 Å². The van der Waals surface area contributed by atoms with Crippen LogP contribution in [0, 0.1) is 11.8 Å². The summed E-state index contributed by atoms with van der Waals surface area (Å²) in [4.78, 5) is 14.7. The van der Waals surface area contributed by atoms with Crippen LogP contribution in [0.3, 0.4) is 0 Å². The molecule has 0 saturated heterocycles. The van der Waals surface area contributed by atoms with Gasteiger partial charge in [0.2, 0.25) is 5.91 Å². The first-order chi connectivity index (χ1) is 11.2. The highest BCUT2D eigenvalue weighted by atomic mass is 32.2. The smallest absolute Gasteiger partial charge is 0.306 e. The zero-order valence-corrected chi connectivity index (χ0v) is 15.5. The third-order valence-electron chi connectivity index (χ3n) is 4.15. The van der Waals surface area contributed by atoms with Crippen LogP contribution in [-0.2, 0) is 21.5 Å². The van der Waals surface area contributed by atoms with E-state index in [9.17, 15) is 13.2 Å². The Labute approximate surface area is 145 Å². The van der Waals surface area contributed by atoms with Gasteiger partial charge in [0.05, 0.1) is 6.26 Å². The summed E-state index contributed by atoms with van der Waals surface area (Å²) in [6, 6.07) is 6.89. The van der Waals surface area contributed by atoms with E-state index in [0.717, 1.165) is 44.0 Å². The second-order valence-electron chi connectivity index (χ2n) is 7.03. The maximum atomic E-state index is 12.8. The van der Waals surface area contributed by atoms with E-state index in [1.54, 1.807) is 12.1 Å². The first-order valence-corrected chi connectivity index (χ1v) is 10.3. The van der Waals surface area contributed by atoms with Crippen molar-refractivity contribution in [2.24, 2.45) is 11.8 Å². The van der Waals surface area contributed by atoms with Crippen LogP contribution in [0.2, 0.25) is 0 Å². The van der Waals surface area contributed by atoms with Crippen LogP contribution < -0.4 is 4.18 Å². The monoisotopic (exact) mass is 353 g/mol. The molecular formula is C18H27NO4S. The molecule has 1 aromatic carbocycles. The lowest BCUT2D eigenvalue weighted by atomic mass is 10.0. The quantitative estimate of drug-likeness (QED) is 0.706. The maximum Gasteiger partial charge on any atom is 0.306 e. The van der Waals surface area contributed by atoms with Crippen molar-refractivity contribution >= 4 is 16.0 Å². The van der Waals surface area contributed by atoms with Gasteiger partial charge in [0.1, 0.15) is 5.75 Å². The zero-order chi connectivity index (χ0) is 17.7. The van der Waals surface area contributed by atoms with Crippen molar-refractivity contribution in [2.45, 2.75) is 46.1 Å². The summed E-state index contributed by atoms with van der Waals surface area (Å²) in [6.07, 6.45) is 5.29. The lowest BCUT2D eigenvalue weighted by Gasteiger charge is -2.27. The van der Waals surface area contributed by atoms with Crippen LogP contribution in [0.5, 0.6) is 5.75 Å². The van der Waals surface area contributed by atoms with E-state index in [1.165, 1.54) is 0 Å². The largest absolute Gasteiger partial charge is 0.383 e. The van der Waals surface area contributed by atoms with Gasteiger partial charge in [-0.15, -0.1) is 0 Å². The molecule has 0 bridgehead atoms. The van der Waals surface area contributed by atoms with Crippen molar-refractivity contribution in [2.75, 3.05) is 12.8 Å². The zero-order valence-electron chi connectivity index (χ0n) is 14.7. The maximum absolute atomic E-state index is 12.8. The molecule has 1 aliphatic rings. The molecular weight excluding hydrogens is 326 g/mol. The summed E-state index contributed by atoms with van der Waals surface area (Å²) in [5, 5.41) is 0. The van der Waals surface area contributed by atoms with Crippen molar-refractivity contribution in [1.29, 1.82) is 0 Å². The third kappa shape index (κ3) is 5.82. The molecule has 2 rings (SSSR count). The molecule has 5 nitrogen and oxygen atoms in total. The van der Waals surface area contributed by atoms with Gasteiger partial charge in [-0.1, -0.05) is 38.8 Å². The van der Waals surface area contributed by atoms with E-state index in [0.29, 0.717) is 18.2 Å². The highest BCUT2D eigenvalue weighted by Gasteiger charge is 2.27. The van der Waals surface area contributed by atoms with E-state index in [-0.39, 0.29) is 11.8 Å². The minimum atomic E-state index is -3.52. The normalized spacial score (nSPS) is 15.7. The van der Waals surface area contributed by atoms with Gasteiger partial charge in [0.25, 0.3) is 0 Å². The highest BCUT2D eigenvalue weighted by Crippen LogP contribution is 2.27. The second kappa shape index (κ2) is 8.01. The fourth-order valence-corrected chi connectivity index (χ4v) is 3.61. The fraction of sp³-hybridized carbons (Fsp3) is 0.611. The number of benzene rings is 1. The number of hydrogen-bond donors (Lipinski definition) is 0. The van der Waals surface area contributed by atoms with Gasteiger partial charge in [-0.05, 0) is 36.5 Å². The average Bonchev–Trinajstić information content (AvgIpc) is 3.00. The van der Waals surface area contributed by atoms with Crippen LogP contribution in [0.25, 0.3) is 0 Å². The Hall–Kier alpha value is -1.56. The van der Waals surface area contributed by atoms with E-state index in [1.807, 2.05) is 17.0 Å². The van der Waals surface area contributed by atoms with Crippen LogP contribution in [0.1, 0.15) is 45.1 Å². The second-order valence-corrected chi connectivity index (χ2v) is 8.60. The Morgan fingerprint density at radius 2 is 1.79 bits per heavy atom. The molecule has 134 valence electrons. The van der Waals surface area contributed by atoms with Gasteiger partial charge >= 0.3 is 10.1 Å². The standard InChI is InChI=1S/C18H27NO4S/c1-14(2)12-19(18(20)16-6-4-5-7-16)13-15-8-10-17(11-9-15)23-24(3,21)22/h8-11,14,16H,4-7,12-13H2,1-3H3.